The summed E-state index contributed by atoms with van der Waals surface area (Å²) in [6.07, 6.45) is 0.741. The van der Waals surface area contributed by atoms with Crippen LogP contribution < -0.4 is 10.6 Å². The zero-order valence-corrected chi connectivity index (χ0v) is 16.5. The Morgan fingerprint density at radius 2 is 1.77 bits per heavy atom. The summed E-state index contributed by atoms with van der Waals surface area (Å²) in [7, 11) is -3.46. The average Bonchev–Trinajstić information content (AvgIpc) is 2.83. The molecule has 0 spiro atoms. The lowest BCUT2D eigenvalue weighted by Crippen LogP contribution is -2.53. The summed E-state index contributed by atoms with van der Waals surface area (Å²) in [6, 6.07) is -1.92. The first-order valence-corrected chi connectivity index (χ1v) is 10.4. The maximum absolute atomic E-state index is 12.4. The lowest BCUT2D eigenvalue weighted by atomic mass is 10.0. The first-order valence-electron chi connectivity index (χ1n) is 8.75. The van der Waals surface area contributed by atoms with Crippen LogP contribution >= 0.6 is 0 Å². The van der Waals surface area contributed by atoms with E-state index in [2.05, 4.69) is 10.6 Å². The smallest absolute Gasteiger partial charge is 0.326 e. The van der Waals surface area contributed by atoms with Gasteiger partial charge in [-0.15, -0.1) is 0 Å². The van der Waals surface area contributed by atoms with Gasteiger partial charge >= 0.3 is 5.97 Å². The van der Waals surface area contributed by atoms with Gasteiger partial charge in [-0.2, -0.15) is 4.31 Å². The van der Waals surface area contributed by atoms with Crippen LogP contribution in [0.1, 0.15) is 40.5 Å². The highest BCUT2D eigenvalue weighted by Crippen LogP contribution is 2.22. The van der Waals surface area contributed by atoms with Crippen molar-refractivity contribution in [2.75, 3.05) is 18.8 Å². The number of nitrogens with one attached hydrogen (secondary N) is 2. The van der Waals surface area contributed by atoms with Crippen molar-refractivity contribution in [2.45, 2.75) is 52.6 Å². The summed E-state index contributed by atoms with van der Waals surface area (Å²) >= 11 is 0. The number of amides is 2. The van der Waals surface area contributed by atoms with E-state index in [1.165, 1.54) is 4.31 Å². The van der Waals surface area contributed by atoms with Gasteiger partial charge in [-0.25, -0.2) is 13.2 Å². The molecule has 150 valence electrons. The summed E-state index contributed by atoms with van der Waals surface area (Å²) in [5.41, 5.74) is 0. The number of hydrogen-bond acceptors (Lipinski definition) is 5. The van der Waals surface area contributed by atoms with Crippen LogP contribution in [0.5, 0.6) is 0 Å². The third-order valence-electron chi connectivity index (χ3n) is 4.11. The first-order chi connectivity index (χ1) is 12.0. The SMILES string of the molecule is CC(C)C[C@H](NC(=O)CNC(=O)C(C(C)C)N1CCCS1(=O)=O)C(=O)O. The molecule has 9 nitrogen and oxygen atoms in total. The molecular formula is C16H29N3O6S. The van der Waals surface area contributed by atoms with Gasteiger partial charge in [-0.05, 0) is 24.7 Å². The van der Waals surface area contributed by atoms with Crippen molar-refractivity contribution in [1.29, 1.82) is 0 Å². The van der Waals surface area contributed by atoms with Crippen LogP contribution in [-0.4, -0.2) is 66.5 Å². The molecule has 1 unspecified atom stereocenters. The zero-order chi connectivity index (χ0) is 20.1. The number of nitrogens with zero attached hydrogens (tertiary/aromatic N) is 1. The number of sulfonamides is 1. The van der Waals surface area contributed by atoms with Crippen LogP contribution in [0.25, 0.3) is 0 Å². The highest BCUT2D eigenvalue weighted by atomic mass is 32.2. The van der Waals surface area contributed by atoms with Gasteiger partial charge < -0.3 is 15.7 Å². The van der Waals surface area contributed by atoms with E-state index in [9.17, 15) is 22.8 Å². The lowest BCUT2D eigenvalue weighted by molar-refractivity contribution is -0.142. The second-order valence-corrected chi connectivity index (χ2v) is 9.32. The molecule has 3 N–H and O–H groups in total. The molecule has 2 amide bonds. The Morgan fingerprint density at radius 1 is 1.15 bits per heavy atom. The van der Waals surface area contributed by atoms with E-state index in [1.807, 2.05) is 13.8 Å². The van der Waals surface area contributed by atoms with Gasteiger partial charge in [0.2, 0.25) is 21.8 Å². The minimum absolute atomic E-state index is 0.0134. The Kier molecular flexibility index (Phi) is 8.01. The lowest BCUT2D eigenvalue weighted by Gasteiger charge is -2.28. The van der Waals surface area contributed by atoms with Crippen molar-refractivity contribution < 1.29 is 27.9 Å². The molecule has 0 aromatic rings. The van der Waals surface area contributed by atoms with Gasteiger partial charge in [-0.3, -0.25) is 9.59 Å². The van der Waals surface area contributed by atoms with Crippen LogP contribution in [0.2, 0.25) is 0 Å². The number of hydrogen-bond donors (Lipinski definition) is 3. The molecular weight excluding hydrogens is 362 g/mol. The monoisotopic (exact) mass is 391 g/mol. The summed E-state index contributed by atoms with van der Waals surface area (Å²) < 4.78 is 25.3. The van der Waals surface area contributed by atoms with E-state index in [0.717, 1.165) is 0 Å². The Balaban J connectivity index is 2.67. The summed E-state index contributed by atoms with van der Waals surface area (Å²) in [6.45, 7) is 7.03. The molecule has 26 heavy (non-hydrogen) atoms. The molecule has 0 aliphatic carbocycles. The topological polar surface area (TPSA) is 133 Å². The van der Waals surface area contributed by atoms with E-state index in [1.54, 1.807) is 13.8 Å². The number of carboxylic acid groups (broad SMARTS) is 1. The average molecular weight is 391 g/mol. The van der Waals surface area contributed by atoms with Gasteiger partial charge in [0.25, 0.3) is 0 Å². The molecule has 1 aliphatic rings. The molecule has 10 heteroatoms. The molecule has 0 bridgehead atoms. The molecule has 0 radical (unpaired) electrons. The zero-order valence-electron chi connectivity index (χ0n) is 15.7. The van der Waals surface area contributed by atoms with Gasteiger partial charge in [-0.1, -0.05) is 27.7 Å². The maximum Gasteiger partial charge on any atom is 0.326 e. The standard InChI is InChI=1S/C16H29N3O6S/c1-10(2)8-12(16(22)23)18-13(20)9-17-15(21)14(11(3)4)19-6-5-7-26(19,24)25/h10-12,14H,5-9H2,1-4H3,(H,17,21)(H,18,20)(H,22,23)/t12-,14?/m0/s1. The fourth-order valence-corrected chi connectivity index (χ4v) is 4.77. The number of aliphatic carboxylic acids is 1. The molecule has 1 rings (SSSR count). The van der Waals surface area contributed by atoms with Crippen LogP contribution in [0.15, 0.2) is 0 Å². The molecule has 1 saturated heterocycles. The minimum Gasteiger partial charge on any atom is -0.480 e. The van der Waals surface area contributed by atoms with Crippen LogP contribution in [0.4, 0.5) is 0 Å². The summed E-state index contributed by atoms with van der Waals surface area (Å²) in [4.78, 5) is 35.6. The van der Waals surface area contributed by atoms with E-state index < -0.39 is 46.4 Å². The van der Waals surface area contributed by atoms with E-state index >= 15 is 0 Å². The van der Waals surface area contributed by atoms with Crippen molar-refractivity contribution in [2.24, 2.45) is 11.8 Å². The van der Waals surface area contributed by atoms with Crippen molar-refractivity contribution in [3.8, 4) is 0 Å². The van der Waals surface area contributed by atoms with Gasteiger partial charge in [0, 0.05) is 6.54 Å². The number of rotatable bonds is 9. The third-order valence-corrected chi connectivity index (χ3v) is 6.04. The molecule has 1 fully saturated rings. The summed E-state index contributed by atoms with van der Waals surface area (Å²) in [5, 5.41) is 13.9. The number of carboxylic acids is 1. The molecule has 0 aromatic heterocycles. The molecule has 2 atom stereocenters. The second kappa shape index (κ2) is 9.31. The largest absolute Gasteiger partial charge is 0.480 e. The quantitative estimate of drug-likeness (QED) is 0.498. The van der Waals surface area contributed by atoms with Crippen molar-refractivity contribution in [3.63, 3.8) is 0 Å². The summed E-state index contributed by atoms with van der Waals surface area (Å²) in [5.74, 6) is -2.49. The Bertz CT molecular complexity index is 632. The molecule has 1 aliphatic heterocycles. The predicted molar refractivity (Wildman–Crippen MR) is 95.8 cm³/mol. The third kappa shape index (κ3) is 6.24. The normalized spacial score (nSPS) is 19.3. The van der Waals surface area contributed by atoms with Gasteiger partial charge in [0.15, 0.2) is 0 Å². The predicted octanol–water partition coefficient (Wildman–Crippen LogP) is -0.222. The van der Waals surface area contributed by atoms with E-state index in [4.69, 9.17) is 5.11 Å². The van der Waals surface area contributed by atoms with Crippen molar-refractivity contribution in [3.05, 3.63) is 0 Å². The van der Waals surface area contributed by atoms with Crippen LogP contribution in [0.3, 0.4) is 0 Å². The first kappa shape index (κ1) is 22.4. The molecule has 0 saturated carbocycles. The van der Waals surface area contributed by atoms with E-state index in [-0.39, 0.29) is 30.6 Å². The molecule has 0 aromatic carbocycles. The van der Waals surface area contributed by atoms with Crippen molar-refractivity contribution in [1.82, 2.24) is 14.9 Å². The highest BCUT2D eigenvalue weighted by molar-refractivity contribution is 7.89. The second-order valence-electron chi connectivity index (χ2n) is 7.27. The van der Waals surface area contributed by atoms with Gasteiger partial charge in [0.1, 0.15) is 12.1 Å². The van der Waals surface area contributed by atoms with E-state index in [0.29, 0.717) is 6.42 Å². The molecule has 1 heterocycles. The Morgan fingerprint density at radius 3 is 2.19 bits per heavy atom. The number of carbonyl (C=O) groups is 3. The number of carbonyl (C=O) groups excluding carboxylic acids is 2. The minimum atomic E-state index is -3.46. The Hall–Kier alpha value is -1.68. The fraction of sp³-hybridized carbons (Fsp3) is 0.812. The van der Waals surface area contributed by atoms with Crippen molar-refractivity contribution >= 4 is 27.8 Å². The van der Waals surface area contributed by atoms with Gasteiger partial charge in [0.05, 0.1) is 12.3 Å². The fourth-order valence-electron chi connectivity index (χ4n) is 2.95. The highest BCUT2D eigenvalue weighted by Gasteiger charge is 2.39. The Labute approximate surface area is 154 Å². The van der Waals surface area contributed by atoms with Crippen LogP contribution in [-0.2, 0) is 24.4 Å². The maximum atomic E-state index is 12.4. The van der Waals surface area contributed by atoms with Crippen LogP contribution in [0, 0.1) is 11.8 Å².